The third kappa shape index (κ3) is 4.24. The average Bonchev–Trinajstić information content (AvgIpc) is 3.09. The maximum atomic E-state index is 2.43. The minimum atomic E-state index is -0.174. The van der Waals surface area contributed by atoms with Gasteiger partial charge in [0.2, 0.25) is 0 Å². The second-order valence-electron chi connectivity index (χ2n) is 12.2. The van der Waals surface area contributed by atoms with Crippen LogP contribution in [0.5, 0.6) is 0 Å². The van der Waals surface area contributed by atoms with Crippen LogP contribution in [0.3, 0.4) is 0 Å². The molecule has 1 aliphatic carbocycles. The van der Waals surface area contributed by atoms with E-state index in [1.165, 1.54) is 55.3 Å². The van der Waals surface area contributed by atoms with E-state index in [-0.39, 0.29) is 5.41 Å². The normalized spacial score (nSPS) is 13.0. The Kier molecular flexibility index (Phi) is 6.20. The number of nitrogens with zero attached hydrogens (tertiary/aromatic N) is 1. The lowest BCUT2D eigenvalue weighted by atomic mass is 9.67. The number of rotatable bonds is 5. The summed E-state index contributed by atoms with van der Waals surface area (Å²) < 4.78 is 0. The van der Waals surface area contributed by atoms with Crippen molar-refractivity contribution >= 4 is 27.8 Å². The molecule has 0 atom stereocenters. The lowest BCUT2D eigenvalue weighted by Crippen LogP contribution is -2.24. The van der Waals surface area contributed by atoms with E-state index in [0.717, 1.165) is 17.1 Å². The summed E-state index contributed by atoms with van der Waals surface area (Å²) in [5, 5.41) is 2.67. The molecular formula is C43H33N. The SMILES string of the molecule is CC1(C)c2cc(N(c3ccccc3)c3ccc(-c4ccccc4)cc3)ccc2-c2c(-c3ccccc3)ccc3cccc1c23. The Morgan fingerprint density at radius 1 is 0.409 bits per heavy atom. The fourth-order valence-corrected chi connectivity index (χ4v) is 7.05. The molecule has 0 bridgehead atoms. The molecule has 0 amide bonds. The van der Waals surface area contributed by atoms with E-state index in [9.17, 15) is 0 Å². The van der Waals surface area contributed by atoms with E-state index in [2.05, 4.69) is 183 Å². The van der Waals surface area contributed by atoms with Crippen LogP contribution in [0.1, 0.15) is 25.0 Å². The zero-order valence-corrected chi connectivity index (χ0v) is 25.0. The van der Waals surface area contributed by atoms with Gasteiger partial charge in [-0.2, -0.15) is 0 Å². The van der Waals surface area contributed by atoms with Crippen LogP contribution in [0.15, 0.2) is 164 Å². The van der Waals surface area contributed by atoms with Crippen LogP contribution in [0.4, 0.5) is 17.1 Å². The van der Waals surface area contributed by atoms with Gasteiger partial charge in [0.15, 0.2) is 0 Å². The lowest BCUT2D eigenvalue weighted by molar-refractivity contribution is 0.645. The first kappa shape index (κ1) is 26.2. The minimum absolute atomic E-state index is 0.174. The molecule has 0 fully saturated rings. The Hall–Kier alpha value is -5.40. The Labute approximate surface area is 259 Å². The van der Waals surface area contributed by atoms with Crippen molar-refractivity contribution in [1.82, 2.24) is 0 Å². The highest BCUT2D eigenvalue weighted by Crippen LogP contribution is 2.53. The Morgan fingerprint density at radius 3 is 1.68 bits per heavy atom. The molecule has 0 spiro atoms. The summed E-state index contributed by atoms with van der Waals surface area (Å²) in [6.07, 6.45) is 0. The van der Waals surface area contributed by atoms with Gasteiger partial charge < -0.3 is 4.90 Å². The summed E-state index contributed by atoms with van der Waals surface area (Å²) in [7, 11) is 0. The molecule has 0 unspecified atom stereocenters. The van der Waals surface area contributed by atoms with Gasteiger partial charge in [-0.15, -0.1) is 0 Å². The highest BCUT2D eigenvalue weighted by molar-refractivity contribution is 6.09. The van der Waals surface area contributed by atoms with E-state index >= 15 is 0 Å². The van der Waals surface area contributed by atoms with Crippen LogP contribution in [-0.4, -0.2) is 0 Å². The maximum absolute atomic E-state index is 2.43. The molecule has 0 N–H and O–H groups in total. The number of anilines is 3. The summed E-state index contributed by atoms with van der Waals surface area (Å²) >= 11 is 0. The number of hydrogen-bond donors (Lipinski definition) is 0. The van der Waals surface area contributed by atoms with Gasteiger partial charge in [0.05, 0.1) is 0 Å². The van der Waals surface area contributed by atoms with Crippen molar-refractivity contribution in [2.45, 2.75) is 19.3 Å². The summed E-state index contributed by atoms with van der Waals surface area (Å²) in [6, 6.07) is 59.5. The van der Waals surface area contributed by atoms with Crippen LogP contribution in [0.2, 0.25) is 0 Å². The fourth-order valence-electron chi connectivity index (χ4n) is 7.05. The highest BCUT2D eigenvalue weighted by Gasteiger charge is 2.35. The topological polar surface area (TPSA) is 3.24 Å². The first-order chi connectivity index (χ1) is 21.6. The van der Waals surface area contributed by atoms with Gasteiger partial charge in [0.1, 0.15) is 0 Å². The third-order valence-corrected chi connectivity index (χ3v) is 9.25. The molecule has 1 aliphatic rings. The maximum Gasteiger partial charge on any atom is 0.0465 e. The van der Waals surface area contributed by atoms with Crippen molar-refractivity contribution in [3.8, 4) is 33.4 Å². The van der Waals surface area contributed by atoms with E-state index in [1.807, 2.05) is 0 Å². The molecule has 44 heavy (non-hydrogen) atoms. The van der Waals surface area contributed by atoms with Gasteiger partial charge in [-0.05, 0) is 91.7 Å². The molecule has 1 heteroatoms. The van der Waals surface area contributed by atoms with Crippen molar-refractivity contribution in [3.05, 3.63) is 175 Å². The molecule has 0 saturated carbocycles. The van der Waals surface area contributed by atoms with Gasteiger partial charge >= 0.3 is 0 Å². The molecule has 0 aromatic heterocycles. The molecule has 0 saturated heterocycles. The lowest BCUT2D eigenvalue weighted by Gasteiger charge is -2.37. The molecule has 7 aromatic carbocycles. The highest BCUT2D eigenvalue weighted by atomic mass is 15.1. The van der Waals surface area contributed by atoms with E-state index in [4.69, 9.17) is 0 Å². The predicted octanol–water partition coefficient (Wildman–Crippen LogP) is 11.9. The zero-order chi connectivity index (χ0) is 29.7. The predicted molar refractivity (Wildman–Crippen MR) is 187 cm³/mol. The number of benzene rings is 7. The second kappa shape index (κ2) is 10.4. The van der Waals surface area contributed by atoms with Crippen molar-refractivity contribution in [2.24, 2.45) is 0 Å². The monoisotopic (exact) mass is 563 g/mol. The smallest absolute Gasteiger partial charge is 0.0465 e. The quantitative estimate of drug-likeness (QED) is 0.201. The molecule has 0 aliphatic heterocycles. The molecule has 8 rings (SSSR count). The Morgan fingerprint density at radius 2 is 0.977 bits per heavy atom. The van der Waals surface area contributed by atoms with Crippen molar-refractivity contribution in [3.63, 3.8) is 0 Å². The molecule has 0 heterocycles. The summed E-state index contributed by atoms with van der Waals surface area (Å²) in [5.74, 6) is 0. The summed E-state index contributed by atoms with van der Waals surface area (Å²) in [5.41, 5.74) is 13.6. The first-order valence-corrected chi connectivity index (χ1v) is 15.4. The molecule has 7 aromatic rings. The van der Waals surface area contributed by atoms with Crippen LogP contribution in [0.25, 0.3) is 44.2 Å². The van der Waals surface area contributed by atoms with Gasteiger partial charge in [-0.1, -0.05) is 141 Å². The van der Waals surface area contributed by atoms with Gasteiger partial charge in [-0.3, -0.25) is 0 Å². The van der Waals surface area contributed by atoms with Crippen LogP contribution < -0.4 is 4.90 Å². The zero-order valence-electron chi connectivity index (χ0n) is 25.0. The van der Waals surface area contributed by atoms with E-state index < -0.39 is 0 Å². The number of para-hydroxylation sites is 1. The van der Waals surface area contributed by atoms with Crippen molar-refractivity contribution < 1.29 is 0 Å². The molecule has 210 valence electrons. The minimum Gasteiger partial charge on any atom is -0.310 e. The third-order valence-electron chi connectivity index (χ3n) is 9.25. The first-order valence-electron chi connectivity index (χ1n) is 15.4. The van der Waals surface area contributed by atoms with Crippen molar-refractivity contribution in [2.75, 3.05) is 4.90 Å². The second-order valence-corrected chi connectivity index (χ2v) is 12.2. The van der Waals surface area contributed by atoms with Gasteiger partial charge in [-0.25, -0.2) is 0 Å². The van der Waals surface area contributed by atoms with Crippen LogP contribution >= 0.6 is 0 Å². The fraction of sp³-hybridized carbons (Fsp3) is 0.0698. The summed E-state index contributed by atoms with van der Waals surface area (Å²) in [6.45, 7) is 4.76. The Balaban J connectivity index is 1.33. The van der Waals surface area contributed by atoms with Gasteiger partial charge in [0.25, 0.3) is 0 Å². The molecule has 1 nitrogen and oxygen atoms in total. The average molecular weight is 564 g/mol. The number of hydrogen-bond acceptors (Lipinski definition) is 1. The number of fused-ring (bicyclic) bond motifs is 2. The molecule has 0 radical (unpaired) electrons. The molecular weight excluding hydrogens is 530 g/mol. The van der Waals surface area contributed by atoms with Gasteiger partial charge in [0, 0.05) is 22.5 Å². The van der Waals surface area contributed by atoms with Crippen LogP contribution in [0, 0.1) is 0 Å². The summed E-state index contributed by atoms with van der Waals surface area (Å²) in [4.78, 5) is 2.38. The largest absolute Gasteiger partial charge is 0.310 e. The van der Waals surface area contributed by atoms with Crippen LogP contribution in [-0.2, 0) is 5.41 Å². The van der Waals surface area contributed by atoms with E-state index in [0.29, 0.717) is 0 Å². The van der Waals surface area contributed by atoms with Crippen molar-refractivity contribution in [1.29, 1.82) is 0 Å². The standard InChI is InChI=1S/C43H33N/c1-43(2)39-20-12-17-33-23-27-37(32-15-8-4-9-16-32)42(41(33)39)38-28-26-36(29-40(38)43)44(34-18-10-5-11-19-34)35-24-21-31(22-25-35)30-13-6-3-7-14-30/h3-29H,1-2H3. The Bertz CT molecular complexity index is 2110. The van der Waals surface area contributed by atoms with E-state index in [1.54, 1.807) is 0 Å².